The Morgan fingerprint density at radius 1 is 1.11 bits per heavy atom. The predicted octanol–water partition coefficient (Wildman–Crippen LogP) is -0.0333. The van der Waals surface area contributed by atoms with Gasteiger partial charge in [-0.05, 0) is 20.9 Å². The van der Waals surface area contributed by atoms with Gasteiger partial charge in [0.05, 0.1) is 26.1 Å². The number of hydrogen-bond donors (Lipinski definition) is 1. The second-order valence-electron chi connectivity index (χ2n) is 3.97. The first-order chi connectivity index (χ1) is 8.49. The SMILES string of the molecule is CCNC(=O)CN(C)CC(=O)CCC(=O)OCC. The number of esters is 1. The molecule has 0 fully saturated rings. The Hall–Kier alpha value is -1.43. The van der Waals surface area contributed by atoms with Crippen molar-refractivity contribution in [2.75, 3.05) is 33.3 Å². The molecule has 1 N–H and O–H groups in total. The maximum Gasteiger partial charge on any atom is 0.306 e. The Morgan fingerprint density at radius 2 is 1.78 bits per heavy atom. The Bertz CT molecular complexity index is 292. The van der Waals surface area contributed by atoms with Crippen molar-refractivity contribution in [3.05, 3.63) is 0 Å². The first-order valence-corrected chi connectivity index (χ1v) is 6.12. The molecule has 1 amide bonds. The van der Waals surface area contributed by atoms with E-state index in [9.17, 15) is 14.4 Å². The highest BCUT2D eigenvalue weighted by molar-refractivity contribution is 5.85. The molecule has 18 heavy (non-hydrogen) atoms. The fourth-order valence-corrected chi connectivity index (χ4v) is 1.41. The van der Waals surface area contributed by atoms with E-state index in [1.54, 1.807) is 18.9 Å². The van der Waals surface area contributed by atoms with Crippen LogP contribution in [0.1, 0.15) is 26.7 Å². The van der Waals surface area contributed by atoms with Crippen LogP contribution in [-0.4, -0.2) is 55.8 Å². The van der Waals surface area contributed by atoms with E-state index in [0.717, 1.165) is 0 Å². The summed E-state index contributed by atoms with van der Waals surface area (Å²) in [6, 6.07) is 0. The molecule has 0 aliphatic carbocycles. The Kier molecular flexibility index (Phi) is 8.82. The Morgan fingerprint density at radius 3 is 2.33 bits per heavy atom. The highest BCUT2D eigenvalue weighted by atomic mass is 16.5. The lowest BCUT2D eigenvalue weighted by Gasteiger charge is -2.14. The van der Waals surface area contributed by atoms with Gasteiger partial charge in [-0.3, -0.25) is 19.3 Å². The van der Waals surface area contributed by atoms with Gasteiger partial charge in [0.1, 0.15) is 5.78 Å². The summed E-state index contributed by atoms with van der Waals surface area (Å²) >= 11 is 0. The van der Waals surface area contributed by atoms with Crippen LogP contribution < -0.4 is 5.32 Å². The molecule has 0 aliphatic heterocycles. The van der Waals surface area contributed by atoms with Crippen molar-refractivity contribution >= 4 is 17.7 Å². The standard InChI is InChI=1S/C12H22N2O4/c1-4-13-11(16)9-14(3)8-10(15)6-7-12(17)18-5-2/h4-9H2,1-3H3,(H,13,16). The number of nitrogens with one attached hydrogen (secondary N) is 1. The number of rotatable bonds is 9. The van der Waals surface area contributed by atoms with Crippen LogP contribution in [0.25, 0.3) is 0 Å². The zero-order chi connectivity index (χ0) is 14.0. The molecule has 104 valence electrons. The van der Waals surface area contributed by atoms with E-state index in [2.05, 4.69) is 5.32 Å². The van der Waals surface area contributed by atoms with Crippen LogP contribution in [0, 0.1) is 0 Å². The number of hydrogen-bond acceptors (Lipinski definition) is 5. The Labute approximate surface area is 108 Å². The van der Waals surface area contributed by atoms with E-state index >= 15 is 0 Å². The van der Waals surface area contributed by atoms with Crippen molar-refractivity contribution in [1.29, 1.82) is 0 Å². The number of Topliss-reactive ketones (excluding diaryl/α,β-unsaturated/α-hetero) is 1. The summed E-state index contributed by atoms with van der Waals surface area (Å²) < 4.78 is 4.72. The van der Waals surface area contributed by atoms with Crippen molar-refractivity contribution in [1.82, 2.24) is 10.2 Å². The van der Waals surface area contributed by atoms with E-state index < -0.39 is 0 Å². The van der Waals surface area contributed by atoms with Crippen LogP contribution in [0.4, 0.5) is 0 Å². The van der Waals surface area contributed by atoms with E-state index in [-0.39, 0.29) is 43.6 Å². The van der Waals surface area contributed by atoms with Crippen LogP contribution in [-0.2, 0) is 19.1 Å². The number of carbonyl (C=O) groups excluding carboxylic acids is 3. The number of nitrogens with zero attached hydrogens (tertiary/aromatic N) is 1. The van der Waals surface area contributed by atoms with Gasteiger partial charge in [0.25, 0.3) is 0 Å². The number of carbonyl (C=O) groups is 3. The second kappa shape index (κ2) is 9.58. The summed E-state index contributed by atoms with van der Waals surface area (Å²) in [5.74, 6) is -0.551. The summed E-state index contributed by atoms with van der Waals surface area (Å²) in [5.41, 5.74) is 0. The first-order valence-electron chi connectivity index (χ1n) is 6.12. The summed E-state index contributed by atoms with van der Waals surface area (Å²) in [7, 11) is 1.69. The van der Waals surface area contributed by atoms with Crippen LogP contribution in [0.3, 0.4) is 0 Å². The van der Waals surface area contributed by atoms with E-state index in [0.29, 0.717) is 13.2 Å². The molecule has 0 spiro atoms. The average molecular weight is 258 g/mol. The minimum Gasteiger partial charge on any atom is -0.466 e. The minimum absolute atomic E-state index is 0.0742. The quantitative estimate of drug-likeness (QED) is 0.588. The molecule has 0 aromatic rings. The van der Waals surface area contributed by atoms with Gasteiger partial charge >= 0.3 is 5.97 Å². The van der Waals surface area contributed by atoms with Gasteiger partial charge in [0, 0.05) is 13.0 Å². The molecule has 0 unspecified atom stereocenters. The highest BCUT2D eigenvalue weighted by Crippen LogP contribution is 1.96. The van der Waals surface area contributed by atoms with E-state index in [4.69, 9.17) is 4.74 Å². The van der Waals surface area contributed by atoms with Crippen molar-refractivity contribution in [3.8, 4) is 0 Å². The monoisotopic (exact) mass is 258 g/mol. The third kappa shape index (κ3) is 8.69. The Balaban J connectivity index is 3.80. The summed E-state index contributed by atoms with van der Waals surface area (Å²) in [4.78, 5) is 35.4. The fraction of sp³-hybridized carbons (Fsp3) is 0.750. The molecule has 0 aliphatic rings. The molecule has 6 nitrogen and oxygen atoms in total. The van der Waals surface area contributed by atoms with Gasteiger partial charge in [-0.2, -0.15) is 0 Å². The van der Waals surface area contributed by atoms with Gasteiger partial charge < -0.3 is 10.1 Å². The van der Waals surface area contributed by atoms with Crippen molar-refractivity contribution in [3.63, 3.8) is 0 Å². The third-order valence-corrected chi connectivity index (χ3v) is 2.15. The van der Waals surface area contributed by atoms with Crippen LogP contribution in [0.5, 0.6) is 0 Å². The second-order valence-corrected chi connectivity index (χ2v) is 3.97. The molecular formula is C12H22N2O4. The third-order valence-electron chi connectivity index (χ3n) is 2.15. The largest absolute Gasteiger partial charge is 0.466 e. The summed E-state index contributed by atoms with van der Waals surface area (Å²) in [6.07, 6.45) is 0.250. The van der Waals surface area contributed by atoms with Crippen LogP contribution in [0.15, 0.2) is 0 Å². The topological polar surface area (TPSA) is 75.7 Å². The molecule has 0 radical (unpaired) electrons. The van der Waals surface area contributed by atoms with E-state index in [1.165, 1.54) is 0 Å². The molecule has 0 atom stereocenters. The number of likely N-dealkylation sites (N-methyl/N-ethyl adjacent to an activating group) is 2. The molecule has 6 heteroatoms. The van der Waals surface area contributed by atoms with Gasteiger partial charge in [-0.1, -0.05) is 0 Å². The molecule has 0 heterocycles. The van der Waals surface area contributed by atoms with Crippen molar-refractivity contribution in [2.24, 2.45) is 0 Å². The molecule has 0 aromatic heterocycles. The van der Waals surface area contributed by atoms with E-state index in [1.807, 2.05) is 6.92 Å². The van der Waals surface area contributed by atoms with Gasteiger partial charge in [-0.25, -0.2) is 0 Å². The maximum atomic E-state index is 11.5. The normalized spacial score (nSPS) is 10.2. The van der Waals surface area contributed by atoms with Crippen LogP contribution in [0.2, 0.25) is 0 Å². The fourth-order valence-electron chi connectivity index (χ4n) is 1.41. The van der Waals surface area contributed by atoms with Crippen molar-refractivity contribution in [2.45, 2.75) is 26.7 Å². The first kappa shape index (κ1) is 16.6. The molecule has 0 saturated carbocycles. The molecule has 0 saturated heterocycles. The zero-order valence-corrected chi connectivity index (χ0v) is 11.3. The predicted molar refractivity (Wildman–Crippen MR) is 67.1 cm³/mol. The smallest absolute Gasteiger partial charge is 0.306 e. The van der Waals surface area contributed by atoms with Gasteiger partial charge in [-0.15, -0.1) is 0 Å². The summed E-state index contributed by atoms with van der Waals surface area (Å²) in [5, 5.41) is 2.65. The van der Waals surface area contributed by atoms with Crippen LogP contribution >= 0.6 is 0 Å². The lowest BCUT2D eigenvalue weighted by Crippen LogP contribution is -2.37. The molecule has 0 rings (SSSR count). The summed E-state index contributed by atoms with van der Waals surface area (Å²) in [6.45, 7) is 4.80. The van der Waals surface area contributed by atoms with Gasteiger partial charge in [0.15, 0.2) is 0 Å². The van der Waals surface area contributed by atoms with Crippen molar-refractivity contribution < 1.29 is 19.1 Å². The lowest BCUT2D eigenvalue weighted by atomic mass is 10.2. The maximum absolute atomic E-state index is 11.5. The molecule has 0 aromatic carbocycles. The number of ether oxygens (including phenoxy) is 1. The van der Waals surface area contributed by atoms with Gasteiger partial charge in [0.2, 0.25) is 5.91 Å². The molecule has 0 bridgehead atoms. The average Bonchev–Trinajstić information content (AvgIpc) is 2.26. The lowest BCUT2D eigenvalue weighted by molar-refractivity contribution is -0.144. The minimum atomic E-state index is -0.364. The molecular weight excluding hydrogens is 236 g/mol. The highest BCUT2D eigenvalue weighted by Gasteiger charge is 2.12. The number of ketones is 1. The number of amides is 1. The zero-order valence-electron chi connectivity index (χ0n) is 11.3.